The molecule has 0 saturated carbocycles. The third-order valence-electron chi connectivity index (χ3n) is 4.63. The SMILES string of the molecule is Cl.O=C(NCCn1nc(C2CCNC2)c2cccnc21)c1ccccc1. The summed E-state index contributed by atoms with van der Waals surface area (Å²) in [6.07, 6.45) is 2.89. The van der Waals surface area contributed by atoms with Crippen LogP contribution in [0, 0.1) is 0 Å². The normalized spacial score (nSPS) is 16.4. The summed E-state index contributed by atoms with van der Waals surface area (Å²) in [6.45, 7) is 3.12. The molecule has 136 valence electrons. The van der Waals surface area contributed by atoms with Gasteiger partial charge in [0.05, 0.1) is 12.2 Å². The van der Waals surface area contributed by atoms with E-state index in [2.05, 4.69) is 21.7 Å². The zero-order valence-electron chi connectivity index (χ0n) is 14.4. The Morgan fingerprint density at radius 2 is 2.08 bits per heavy atom. The molecule has 3 aromatic rings. The van der Waals surface area contributed by atoms with Crippen LogP contribution in [-0.4, -0.2) is 40.3 Å². The van der Waals surface area contributed by atoms with E-state index in [9.17, 15) is 4.79 Å². The van der Waals surface area contributed by atoms with Crippen LogP contribution >= 0.6 is 12.4 Å². The maximum absolute atomic E-state index is 12.1. The van der Waals surface area contributed by atoms with Gasteiger partial charge in [-0.25, -0.2) is 9.67 Å². The van der Waals surface area contributed by atoms with E-state index in [1.165, 1.54) is 0 Å². The summed E-state index contributed by atoms with van der Waals surface area (Å²) in [4.78, 5) is 16.6. The van der Waals surface area contributed by atoms with Gasteiger partial charge in [0.15, 0.2) is 5.65 Å². The van der Waals surface area contributed by atoms with Crippen LogP contribution in [0.3, 0.4) is 0 Å². The highest BCUT2D eigenvalue weighted by molar-refractivity contribution is 5.94. The third kappa shape index (κ3) is 3.71. The van der Waals surface area contributed by atoms with Crippen LogP contribution in [-0.2, 0) is 6.54 Å². The molecule has 1 aliphatic heterocycles. The smallest absolute Gasteiger partial charge is 0.251 e. The predicted octanol–water partition coefficient (Wildman–Crippen LogP) is 2.36. The van der Waals surface area contributed by atoms with E-state index < -0.39 is 0 Å². The zero-order valence-corrected chi connectivity index (χ0v) is 15.2. The summed E-state index contributed by atoms with van der Waals surface area (Å²) in [5, 5.41) is 12.3. The Bertz CT molecular complexity index is 874. The molecule has 0 bridgehead atoms. The Kier molecular flexibility index (Phi) is 5.85. The lowest BCUT2D eigenvalue weighted by Gasteiger charge is -2.06. The number of amides is 1. The molecule has 1 aliphatic rings. The monoisotopic (exact) mass is 371 g/mol. The molecule has 1 atom stereocenters. The lowest BCUT2D eigenvalue weighted by Crippen LogP contribution is -2.27. The fourth-order valence-corrected chi connectivity index (χ4v) is 3.35. The van der Waals surface area contributed by atoms with Gasteiger partial charge in [0.2, 0.25) is 0 Å². The molecule has 3 heterocycles. The highest BCUT2D eigenvalue weighted by atomic mass is 35.5. The largest absolute Gasteiger partial charge is 0.350 e. The Morgan fingerprint density at radius 1 is 1.23 bits per heavy atom. The molecule has 0 aliphatic carbocycles. The number of fused-ring (bicyclic) bond motifs is 1. The van der Waals surface area contributed by atoms with Crippen molar-refractivity contribution in [3.8, 4) is 0 Å². The van der Waals surface area contributed by atoms with Crippen molar-refractivity contribution in [2.24, 2.45) is 0 Å². The first kappa shape index (κ1) is 18.4. The molecule has 7 heteroatoms. The van der Waals surface area contributed by atoms with Crippen molar-refractivity contribution in [3.63, 3.8) is 0 Å². The summed E-state index contributed by atoms with van der Waals surface area (Å²) in [6, 6.07) is 13.3. The standard InChI is InChI=1S/C19H21N5O.ClH/c25-19(14-5-2-1-3-6-14)22-11-12-24-18-16(7-4-9-21-18)17(23-24)15-8-10-20-13-15;/h1-7,9,15,20H,8,10-13H2,(H,22,25);1H. The molecule has 26 heavy (non-hydrogen) atoms. The van der Waals surface area contributed by atoms with Crippen LogP contribution in [0.25, 0.3) is 11.0 Å². The number of carbonyl (C=O) groups is 1. The number of carbonyl (C=O) groups excluding carboxylic acids is 1. The predicted molar refractivity (Wildman–Crippen MR) is 104 cm³/mol. The summed E-state index contributed by atoms with van der Waals surface area (Å²) in [5.74, 6) is 0.372. The van der Waals surface area contributed by atoms with Gasteiger partial charge < -0.3 is 10.6 Å². The number of aromatic nitrogens is 3. The molecule has 2 N–H and O–H groups in total. The molecule has 0 spiro atoms. The maximum Gasteiger partial charge on any atom is 0.251 e. The quantitative estimate of drug-likeness (QED) is 0.722. The van der Waals surface area contributed by atoms with Crippen molar-refractivity contribution in [3.05, 3.63) is 59.9 Å². The highest BCUT2D eigenvalue weighted by Crippen LogP contribution is 2.27. The van der Waals surface area contributed by atoms with E-state index in [0.29, 0.717) is 24.6 Å². The van der Waals surface area contributed by atoms with Crippen molar-refractivity contribution in [1.29, 1.82) is 0 Å². The fourth-order valence-electron chi connectivity index (χ4n) is 3.35. The van der Waals surface area contributed by atoms with Crippen LogP contribution in [0.15, 0.2) is 48.7 Å². The second-order valence-electron chi connectivity index (χ2n) is 6.29. The molecule has 1 unspecified atom stereocenters. The van der Waals surface area contributed by atoms with E-state index in [1.807, 2.05) is 41.1 Å². The first-order valence-electron chi connectivity index (χ1n) is 8.68. The van der Waals surface area contributed by atoms with Gasteiger partial charge in [0.1, 0.15) is 0 Å². The van der Waals surface area contributed by atoms with E-state index in [-0.39, 0.29) is 18.3 Å². The zero-order chi connectivity index (χ0) is 17.1. The Labute approximate surface area is 158 Å². The number of benzene rings is 1. The molecular weight excluding hydrogens is 350 g/mol. The minimum Gasteiger partial charge on any atom is -0.350 e. The molecule has 1 aromatic carbocycles. The number of nitrogens with one attached hydrogen (secondary N) is 2. The first-order chi connectivity index (χ1) is 12.3. The maximum atomic E-state index is 12.1. The Balaban J connectivity index is 0.00000196. The molecule has 0 radical (unpaired) electrons. The molecule has 1 amide bonds. The van der Waals surface area contributed by atoms with Crippen molar-refractivity contribution in [2.75, 3.05) is 19.6 Å². The van der Waals surface area contributed by atoms with Crippen molar-refractivity contribution >= 4 is 29.3 Å². The van der Waals surface area contributed by atoms with Gasteiger partial charge in [0.25, 0.3) is 5.91 Å². The van der Waals surface area contributed by atoms with Crippen LogP contribution < -0.4 is 10.6 Å². The van der Waals surface area contributed by atoms with E-state index in [4.69, 9.17) is 5.10 Å². The van der Waals surface area contributed by atoms with Gasteiger partial charge in [0, 0.05) is 36.2 Å². The minimum absolute atomic E-state index is 0. The molecule has 1 fully saturated rings. The molecule has 2 aromatic heterocycles. The van der Waals surface area contributed by atoms with Crippen LogP contribution in [0.2, 0.25) is 0 Å². The van der Waals surface area contributed by atoms with Gasteiger partial charge in [-0.2, -0.15) is 5.10 Å². The average Bonchev–Trinajstić information content (AvgIpc) is 3.30. The van der Waals surface area contributed by atoms with Gasteiger partial charge in [-0.1, -0.05) is 18.2 Å². The van der Waals surface area contributed by atoms with Crippen molar-refractivity contribution < 1.29 is 4.79 Å². The topological polar surface area (TPSA) is 71.8 Å². The molecular formula is C19H22ClN5O. The van der Waals surface area contributed by atoms with E-state index in [1.54, 1.807) is 6.20 Å². The highest BCUT2D eigenvalue weighted by Gasteiger charge is 2.23. The second kappa shape index (κ2) is 8.29. The van der Waals surface area contributed by atoms with Gasteiger partial charge in [-0.05, 0) is 37.2 Å². The summed E-state index contributed by atoms with van der Waals surface area (Å²) in [7, 11) is 0. The van der Waals surface area contributed by atoms with Crippen LogP contribution in [0.1, 0.15) is 28.4 Å². The van der Waals surface area contributed by atoms with Crippen LogP contribution in [0.5, 0.6) is 0 Å². The molecule has 1 saturated heterocycles. The lowest BCUT2D eigenvalue weighted by atomic mass is 10.0. The molecule has 6 nitrogen and oxygen atoms in total. The number of halogens is 1. The first-order valence-corrected chi connectivity index (χ1v) is 8.68. The van der Waals surface area contributed by atoms with Crippen LogP contribution in [0.4, 0.5) is 0 Å². The number of pyridine rings is 1. The number of nitrogens with zero attached hydrogens (tertiary/aromatic N) is 3. The number of hydrogen-bond acceptors (Lipinski definition) is 4. The Morgan fingerprint density at radius 3 is 2.85 bits per heavy atom. The van der Waals surface area contributed by atoms with Gasteiger partial charge in [-0.15, -0.1) is 12.4 Å². The van der Waals surface area contributed by atoms with Gasteiger partial charge in [-0.3, -0.25) is 4.79 Å². The average molecular weight is 372 g/mol. The van der Waals surface area contributed by atoms with Crippen molar-refractivity contribution in [1.82, 2.24) is 25.4 Å². The van der Waals surface area contributed by atoms with E-state index >= 15 is 0 Å². The second-order valence-corrected chi connectivity index (χ2v) is 6.29. The number of hydrogen-bond donors (Lipinski definition) is 2. The van der Waals surface area contributed by atoms with Gasteiger partial charge >= 0.3 is 0 Å². The Hall–Kier alpha value is -2.44. The minimum atomic E-state index is -0.0646. The summed E-state index contributed by atoms with van der Waals surface area (Å²) in [5.41, 5.74) is 2.67. The fraction of sp³-hybridized carbons (Fsp3) is 0.316. The summed E-state index contributed by atoms with van der Waals surface area (Å²) < 4.78 is 1.91. The third-order valence-corrected chi connectivity index (χ3v) is 4.63. The summed E-state index contributed by atoms with van der Waals surface area (Å²) >= 11 is 0. The van der Waals surface area contributed by atoms with E-state index in [0.717, 1.165) is 36.2 Å². The lowest BCUT2D eigenvalue weighted by molar-refractivity contribution is 0.0952. The number of rotatable bonds is 5. The molecule has 4 rings (SSSR count). The van der Waals surface area contributed by atoms with Crippen molar-refractivity contribution in [2.45, 2.75) is 18.9 Å².